The van der Waals surface area contributed by atoms with Gasteiger partial charge in [0.15, 0.2) is 0 Å². The van der Waals surface area contributed by atoms with Gasteiger partial charge in [-0.25, -0.2) is 17.9 Å². The normalized spacial score (nSPS) is 12.2. The predicted octanol–water partition coefficient (Wildman–Crippen LogP) is 3.38. The number of hydrogen-bond acceptors (Lipinski definition) is 3. The van der Waals surface area contributed by atoms with Gasteiger partial charge in [-0.2, -0.15) is 0 Å². The second-order valence-corrected chi connectivity index (χ2v) is 8.72. The Hall–Kier alpha value is -3.16. The van der Waals surface area contributed by atoms with Crippen molar-refractivity contribution in [3.05, 3.63) is 102 Å². The Balaban J connectivity index is 1.67. The zero-order valence-electron chi connectivity index (χ0n) is 16.7. The summed E-state index contributed by atoms with van der Waals surface area (Å²) in [6.45, 7) is 0.214. The molecule has 0 aliphatic carbocycles. The first kappa shape index (κ1) is 21.5. The van der Waals surface area contributed by atoms with Crippen LogP contribution in [0.5, 0.6) is 0 Å². The summed E-state index contributed by atoms with van der Waals surface area (Å²) in [6.07, 6.45) is 0.661. The maximum Gasteiger partial charge on any atom is 0.315 e. The smallest absolute Gasteiger partial charge is 0.315 e. The van der Waals surface area contributed by atoms with Crippen LogP contribution in [0.4, 0.5) is 4.79 Å². The molecule has 0 aromatic heterocycles. The van der Waals surface area contributed by atoms with Crippen LogP contribution in [-0.2, 0) is 23.0 Å². The SMILES string of the molecule is CNS(=O)(=O)c1cccc(CNC(=O)NC(Cc2ccccc2)c2ccccc2)c1. The fourth-order valence-electron chi connectivity index (χ4n) is 3.12. The summed E-state index contributed by atoms with van der Waals surface area (Å²) in [6, 6.07) is 25.8. The van der Waals surface area contributed by atoms with Crippen LogP contribution in [0.3, 0.4) is 0 Å². The second-order valence-electron chi connectivity index (χ2n) is 6.83. The first-order valence-electron chi connectivity index (χ1n) is 9.63. The van der Waals surface area contributed by atoms with Crippen LogP contribution in [0.2, 0.25) is 0 Å². The van der Waals surface area contributed by atoms with E-state index in [1.165, 1.54) is 13.1 Å². The molecule has 0 saturated heterocycles. The van der Waals surface area contributed by atoms with Gasteiger partial charge in [0.1, 0.15) is 0 Å². The number of rotatable bonds is 8. The lowest BCUT2D eigenvalue weighted by molar-refractivity contribution is 0.236. The summed E-state index contributed by atoms with van der Waals surface area (Å²) in [5.41, 5.74) is 2.83. The maximum absolute atomic E-state index is 12.6. The number of carbonyl (C=O) groups is 1. The van der Waals surface area contributed by atoms with Crippen molar-refractivity contribution in [1.29, 1.82) is 0 Å². The highest BCUT2D eigenvalue weighted by Crippen LogP contribution is 2.18. The largest absolute Gasteiger partial charge is 0.334 e. The summed E-state index contributed by atoms with van der Waals surface area (Å²) < 4.78 is 26.2. The minimum atomic E-state index is -3.53. The van der Waals surface area contributed by atoms with Crippen LogP contribution in [-0.4, -0.2) is 21.5 Å². The van der Waals surface area contributed by atoms with Crippen molar-refractivity contribution in [2.75, 3.05) is 7.05 Å². The van der Waals surface area contributed by atoms with E-state index >= 15 is 0 Å². The zero-order valence-corrected chi connectivity index (χ0v) is 17.5. The Morgan fingerprint density at radius 3 is 2.17 bits per heavy atom. The van der Waals surface area contributed by atoms with E-state index in [0.717, 1.165) is 11.1 Å². The highest BCUT2D eigenvalue weighted by Gasteiger charge is 2.16. The number of amides is 2. The van der Waals surface area contributed by atoms with Crippen molar-refractivity contribution < 1.29 is 13.2 Å². The molecule has 2 amide bonds. The maximum atomic E-state index is 12.6. The lowest BCUT2D eigenvalue weighted by Crippen LogP contribution is -2.38. The van der Waals surface area contributed by atoms with Gasteiger partial charge in [0.2, 0.25) is 10.0 Å². The molecule has 0 heterocycles. The number of urea groups is 1. The standard InChI is InChI=1S/C23H25N3O3S/c1-24-30(28,29)21-14-8-11-19(15-21)17-25-23(27)26-22(20-12-6-3-7-13-20)16-18-9-4-2-5-10-18/h2-15,22,24H,16-17H2,1H3,(H2,25,26,27). The minimum absolute atomic E-state index is 0.163. The quantitative estimate of drug-likeness (QED) is 0.519. The first-order chi connectivity index (χ1) is 14.5. The molecule has 156 valence electrons. The first-order valence-corrected chi connectivity index (χ1v) is 11.1. The summed E-state index contributed by atoms with van der Waals surface area (Å²) in [7, 11) is -2.16. The Bertz CT molecular complexity index is 1070. The molecule has 3 aromatic carbocycles. The molecule has 0 radical (unpaired) electrons. The van der Waals surface area contributed by atoms with Crippen molar-refractivity contribution in [2.24, 2.45) is 0 Å². The Morgan fingerprint density at radius 1 is 0.867 bits per heavy atom. The summed E-state index contributed by atoms with van der Waals surface area (Å²) in [5, 5.41) is 5.84. The molecular weight excluding hydrogens is 398 g/mol. The minimum Gasteiger partial charge on any atom is -0.334 e. The molecule has 0 aliphatic heterocycles. The van der Waals surface area contributed by atoms with E-state index in [4.69, 9.17) is 0 Å². The van der Waals surface area contributed by atoms with Crippen molar-refractivity contribution in [3.8, 4) is 0 Å². The summed E-state index contributed by atoms with van der Waals surface area (Å²) in [4.78, 5) is 12.7. The molecule has 0 bridgehead atoms. The molecule has 0 spiro atoms. The fourth-order valence-corrected chi connectivity index (χ4v) is 3.92. The topological polar surface area (TPSA) is 87.3 Å². The zero-order chi connectivity index (χ0) is 21.4. The molecule has 3 N–H and O–H groups in total. The third-order valence-electron chi connectivity index (χ3n) is 4.72. The van der Waals surface area contributed by atoms with Crippen LogP contribution >= 0.6 is 0 Å². The number of sulfonamides is 1. The van der Waals surface area contributed by atoms with Gasteiger partial charge in [0, 0.05) is 6.54 Å². The van der Waals surface area contributed by atoms with Crippen LogP contribution < -0.4 is 15.4 Å². The molecule has 7 heteroatoms. The molecule has 0 saturated carbocycles. The lowest BCUT2D eigenvalue weighted by atomic mass is 9.99. The highest BCUT2D eigenvalue weighted by molar-refractivity contribution is 7.89. The van der Waals surface area contributed by atoms with Gasteiger partial charge in [0.25, 0.3) is 0 Å². The average Bonchev–Trinajstić information content (AvgIpc) is 2.79. The molecular formula is C23H25N3O3S. The predicted molar refractivity (Wildman–Crippen MR) is 117 cm³/mol. The van der Waals surface area contributed by atoms with Crippen molar-refractivity contribution in [3.63, 3.8) is 0 Å². The number of benzene rings is 3. The second kappa shape index (κ2) is 10.0. The van der Waals surface area contributed by atoms with Crippen molar-refractivity contribution >= 4 is 16.1 Å². The number of carbonyl (C=O) groups excluding carboxylic acids is 1. The molecule has 3 aromatic rings. The summed E-state index contributed by atoms with van der Waals surface area (Å²) >= 11 is 0. The van der Waals surface area contributed by atoms with E-state index in [2.05, 4.69) is 15.4 Å². The van der Waals surface area contributed by atoms with Gasteiger partial charge in [-0.15, -0.1) is 0 Å². The van der Waals surface area contributed by atoms with Crippen LogP contribution in [0.1, 0.15) is 22.7 Å². The van der Waals surface area contributed by atoms with Crippen LogP contribution in [0.25, 0.3) is 0 Å². The van der Waals surface area contributed by atoms with Gasteiger partial charge >= 0.3 is 6.03 Å². The van der Waals surface area contributed by atoms with Crippen LogP contribution in [0, 0.1) is 0 Å². The lowest BCUT2D eigenvalue weighted by Gasteiger charge is -2.20. The van der Waals surface area contributed by atoms with Crippen molar-refractivity contribution in [1.82, 2.24) is 15.4 Å². The van der Waals surface area contributed by atoms with E-state index < -0.39 is 10.0 Å². The van der Waals surface area contributed by atoms with E-state index in [-0.39, 0.29) is 23.5 Å². The molecule has 3 rings (SSSR count). The van der Waals surface area contributed by atoms with Gasteiger partial charge in [0.05, 0.1) is 10.9 Å². The van der Waals surface area contributed by atoms with Crippen molar-refractivity contribution in [2.45, 2.75) is 23.9 Å². The number of hydrogen-bond donors (Lipinski definition) is 3. The van der Waals surface area contributed by atoms with E-state index in [1.807, 2.05) is 60.7 Å². The molecule has 0 aliphatic rings. The van der Waals surface area contributed by atoms with Gasteiger partial charge in [-0.3, -0.25) is 0 Å². The highest BCUT2D eigenvalue weighted by atomic mass is 32.2. The Labute approximate surface area is 177 Å². The molecule has 6 nitrogen and oxygen atoms in total. The van der Waals surface area contributed by atoms with Crippen LogP contribution in [0.15, 0.2) is 89.8 Å². The molecule has 1 atom stereocenters. The fraction of sp³-hybridized carbons (Fsp3) is 0.174. The Kier molecular flexibility index (Phi) is 7.21. The molecule has 1 unspecified atom stereocenters. The van der Waals surface area contributed by atoms with E-state index in [9.17, 15) is 13.2 Å². The third kappa shape index (κ3) is 5.92. The summed E-state index contributed by atoms with van der Waals surface area (Å²) in [5.74, 6) is 0. The molecule has 30 heavy (non-hydrogen) atoms. The third-order valence-corrected chi connectivity index (χ3v) is 6.13. The van der Waals surface area contributed by atoms with Gasteiger partial charge in [-0.1, -0.05) is 72.8 Å². The van der Waals surface area contributed by atoms with E-state index in [1.54, 1.807) is 18.2 Å². The van der Waals surface area contributed by atoms with E-state index in [0.29, 0.717) is 12.0 Å². The monoisotopic (exact) mass is 423 g/mol. The Morgan fingerprint density at radius 2 is 1.50 bits per heavy atom. The average molecular weight is 424 g/mol. The number of nitrogens with one attached hydrogen (secondary N) is 3. The van der Waals surface area contributed by atoms with Gasteiger partial charge in [-0.05, 0) is 42.3 Å². The van der Waals surface area contributed by atoms with Gasteiger partial charge < -0.3 is 10.6 Å². The molecule has 0 fully saturated rings.